The first-order valence-corrected chi connectivity index (χ1v) is 6.34. The molecule has 2 aromatic carbocycles. The highest BCUT2D eigenvalue weighted by Crippen LogP contribution is 2.30. The van der Waals surface area contributed by atoms with E-state index >= 15 is 0 Å². The van der Waals surface area contributed by atoms with Crippen LogP contribution in [0.2, 0.25) is 0 Å². The van der Waals surface area contributed by atoms with Gasteiger partial charge in [-0.1, -0.05) is 13.0 Å². The molecule has 2 N–H and O–H groups in total. The normalized spacial score (nSPS) is 10.9. The van der Waals surface area contributed by atoms with Crippen LogP contribution in [0.5, 0.6) is 11.5 Å². The third-order valence-corrected chi connectivity index (χ3v) is 3.01. The molecule has 0 bridgehead atoms. The lowest BCUT2D eigenvalue weighted by Gasteiger charge is -2.03. The Hall–Kier alpha value is -2.89. The van der Waals surface area contributed by atoms with Crippen molar-refractivity contribution in [2.75, 3.05) is 0 Å². The van der Waals surface area contributed by atoms with Gasteiger partial charge in [-0.3, -0.25) is 15.1 Å². The summed E-state index contributed by atoms with van der Waals surface area (Å²) in [5.74, 6) is -0.108. The van der Waals surface area contributed by atoms with Gasteiger partial charge in [0.25, 0.3) is 5.69 Å². The van der Waals surface area contributed by atoms with E-state index in [4.69, 9.17) is 0 Å². The molecule has 108 valence electrons. The van der Waals surface area contributed by atoms with Crippen molar-refractivity contribution in [3.8, 4) is 11.5 Å². The van der Waals surface area contributed by atoms with Gasteiger partial charge in [0.2, 0.25) is 0 Å². The van der Waals surface area contributed by atoms with E-state index in [1.54, 1.807) is 18.2 Å². The van der Waals surface area contributed by atoms with Crippen molar-refractivity contribution in [2.45, 2.75) is 13.3 Å². The first kappa shape index (κ1) is 14.5. The number of rotatable bonds is 4. The van der Waals surface area contributed by atoms with E-state index in [1.165, 1.54) is 24.4 Å². The highest BCUT2D eigenvalue weighted by atomic mass is 16.6. The average Bonchev–Trinajstić information content (AvgIpc) is 2.47. The number of nitro benzene ring substituents is 1. The molecule has 0 aliphatic heterocycles. The molecule has 6 heteroatoms. The Labute approximate surface area is 121 Å². The third-order valence-electron chi connectivity index (χ3n) is 3.01. The summed E-state index contributed by atoms with van der Waals surface area (Å²) in [6.45, 7) is 1.99. The van der Waals surface area contributed by atoms with Crippen LogP contribution in [0.25, 0.3) is 0 Å². The first-order valence-electron chi connectivity index (χ1n) is 6.34. The molecule has 2 rings (SSSR count). The Morgan fingerprint density at radius 3 is 2.57 bits per heavy atom. The van der Waals surface area contributed by atoms with Crippen molar-refractivity contribution in [3.05, 3.63) is 57.6 Å². The maximum atomic E-state index is 10.7. The molecule has 0 aliphatic carbocycles. The fourth-order valence-corrected chi connectivity index (χ4v) is 1.80. The van der Waals surface area contributed by atoms with Gasteiger partial charge in [-0.05, 0) is 30.2 Å². The minimum absolute atomic E-state index is 0.0564. The Balaban J connectivity index is 2.37. The molecule has 0 saturated carbocycles. The van der Waals surface area contributed by atoms with Gasteiger partial charge in [0.1, 0.15) is 17.2 Å². The maximum Gasteiger partial charge on any atom is 0.271 e. The van der Waals surface area contributed by atoms with E-state index < -0.39 is 4.92 Å². The van der Waals surface area contributed by atoms with Gasteiger partial charge in [-0.2, -0.15) is 0 Å². The summed E-state index contributed by atoms with van der Waals surface area (Å²) in [4.78, 5) is 14.2. The lowest BCUT2D eigenvalue weighted by molar-refractivity contribution is -0.384. The number of hydrogen-bond acceptors (Lipinski definition) is 5. The van der Waals surface area contributed by atoms with Gasteiger partial charge in [-0.15, -0.1) is 0 Å². The summed E-state index contributed by atoms with van der Waals surface area (Å²) in [5.41, 5.74) is 1.43. The highest BCUT2D eigenvalue weighted by molar-refractivity contribution is 5.86. The minimum atomic E-state index is -0.562. The van der Waals surface area contributed by atoms with E-state index in [1.807, 2.05) is 6.92 Å². The number of aliphatic imine (C=N–C) groups is 1. The number of nitro groups is 1. The number of aromatic hydroxyl groups is 2. The Morgan fingerprint density at radius 2 is 1.90 bits per heavy atom. The Kier molecular flexibility index (Phi) is 4.18. The lowest BCUT2D eigenvalue weighted by atomic mass is 10.1. The number of non-ortho nitro benzene ring substituents is 1. The molecule has 6 nitrogen and oxygen atoms in total. The zero-order chi connectivity index (χ0) is 15.4. The van der Waals surface area contributed by atoms with Crippen LogP contribution >= 0.6 is 0 Å². The van der Waals surface area contributed by atoms with E-state index in [-0.39, 0.29) is 22.9 Å². The number of hydrogen-bond donors (Lipinski definition) is 2. The molecule has 2 aromatic rings. The molecule has 21 heavy (non-hydrogen) atoms. The smallest absolute Gasteiger partial charge is 0.271 e. The molecule has 0 fully saturated rings. The molecule has 0 aliphatic rings. The lowest BCUT2D eigenvalue weighted by Crippen LogP contribution is -1.88. The summed E-state index contributed by atoms with van der Waals surface area (Å²) >= 11 is 0. The van der Waals surface area contributed by atoms with Gasteiger partial charge in [0, 0.05) is 23.9 Å². The van der Waals surface area contributed by atoms with Gasteiger partial charge >= 0.3 is 0 Å². The molecule has 0 aromatic heterocycles. The minimum Gasteiger partial charge on any atom is -0.507 e. The quantitative estimate of drug-likeness (QED) is 0.512. The molecular formula is C15H14N2O4. The van der Waals surface area contributed by atoms with Gasteiger partial charge in [0.15, 0.2) is 0 Å². The largest absolute Gasteiger partial charge is 0.507 e. The molecule has 0 saturated heterocycles. The van der Waals surface area contributed by atoms with E-state index in [9.17, 15) is 20.3 Å². The van der Waals surface area contributed by atoms with Gasteiger partial charge in [-0.25, -0.2) is 0 Å². The number of phenolic OH excluding ortho intramolecular Hbond substituents is 2. The van der Waals surface area contributed by atoms with Crippen LogP contribution in [0.3, 0.4) is 0 Å². The second kappa shape index (κ2) is 6.04. The summed E-state index contributed by atoms with van der Waals surface area (Å²) in [7, 11) is 0. The van der Waals surface area contributed by atoms with E-state index in [0.29, 0.717) is 5.56 Å². The van der Waals surface area contributed by atoms with Crippen molar-refractivity contribution in [1.29, 1.82) is 0 Å². The molecule has 0 radical (unpaired) electrons. The van der Waals surface area contributed by atoms with Crippen molar-refractivity contribution in [2.24, 2.45) is 4.99 Å². The van der Waals surface area contributed by atoms with Crippen molar-refractivity contribution >= 4 is 17.6 Å². The molecule has 0 spiro atoms. The Morgan fingerprint density at radius 1 is 1.19 bits per heavy atom. The number of aryl methyl sites for hydroxylation is 1. The SMILES string of the molecule is CCc1ccc(O)c(C=Nc2cc([N+](=O)[O-])ccc2O)c1. The third kappa shape index (κ3) is 3.36. The summed E-state index contributed by atoms with van der Waals surface area (Å²) in [6, 6.07) is 8.72. The van der Waals surface area contributed by atoms with Gasteiger partial charge in [0.05, 0.1) is 4.92 Å². The maximum absolute atomic E-state index is 10.7. The van der Waals surface area contributed by atoms with Crippen LogP contribution in [-0.2, 0) is 6.42 Å². The fraction of sp³-hybridized carbons (Fsp3) is 0.133. The Bertz CT molecular complexity index is 711. The summed E-state index contributed by atoms with van der Waals surface area (Å²) in [5, 5.41) is 30.1. The monoisotopic (exact) mass is 286 g/mol. The zero-order valence-corrected chi connectivity index (χ0v) is 11.4. The summed E-state index contributed by atoms with van der Waals surface area (Å²) < 4.78 is 0. The second-order valence-corrected chi connectivity index (χ2v) is 4.44. The molecule has 0 atom stereocenters. The number of phenols is 2. The standard InChI is InChI=1S/C15H14N2O4/c1-2-10-3-5-14(18)11(7-10)9-16-13-8-12(17(20)21)4-6-15(13)19/h3-9,18-19H,2H2,1H3. The van der Waals surface area contributed by atoms with Gasteiger partial charge < -0.3 is 10.2 Å². The van der Waals surface area contributed by atoms with E-state index in [2.05, 4.69) is 4.99 Å². The van der Waals surface area contributed by atoms with Crippen molar-refractivity contribution in [1.82, 2.24) is 0 Å². The molecule has 0 heterocycles. The number of nitrogens with zero attached hydrogens (tertiary/aromatic N) is 2. The predicted octanol–water partition coefficient (Wildman–Crippen LogP) is 3.32. The molecule has 0 amide bonds. The van der Waals surface area contributed by atoms with Crippen LogP contribution in [0, 0.1) is 10.1 Å². The predicted molar refractivity (Wildman–Crippen MR) is 79.5 cm³/mol. The van der Waals surface area contributed by atoms with Crippen molar-refractivity contribution < 1.29 is 15.1 Å². The van der Waals surface area contributed by atoms with Crippen LogP contribution in [0.4, 0.5) is 11.4 Å². The fourth-order valence-electron chi connectivity index (χ4n) is 1.80. The molecular weight excluding hydrogens is 272 g/mol. The number of benzene rings is 2. The van der Waals surface area contributed by atoms with Crippen LogP contribution in [0.15, 0.2) is 41.4 Å². The second-order valence-electron chi connectivity index (χ2n) is 4.44. The van der Waals surface area contributed by atoms with E-state index in [0.717, 1.165) is 12.0 Å². The van der Waals surface area contributed by atoms with Crippen molar-refractivity contribution in [3.63, 3.8) is 0 Å². The van der Waals surface area contributed by atoms with Crippen LogP contribution in [-0.4, -0.2) is 21.4 Å². The van der Waals surface area contributed by atoms with Crippen LogP contribution < -0.4 is 0 Å². The topological polar surface area (TPSA) is 96.0 Å². The zero-order valence-electron chi connectivity index (χ0n) is 11.4. The van der Waals surface area contributed by atoms with Crippen LogP contribution in [0.1, 0.15) is 18.1 Å². The molecule has 0 unspecified atom stereocenters. The summed E-state index contributed by atoms with van der Waals surface area (Å²) in [6.07, 6.45) is 2.18. The highest BCUT2D eigenvalue weighted by Gasteiger charge is 2.09. The first-order chi connectivity index (χ1) is 10.0. The average molecular weight is 286 g/mol.